The second-order valence-corrected chi connectivity index (χ2v) is 10.4. The third-order valence-electron chi connectivity index (χ3n) is 6.82. The van der Waals surface area contributed by atoms with Crippen molar-refractivity contribution in [2.24, 2.45) is 5.92 Å². The lowest BCUT2D eigenvalue weighted by Crippen LogP contribution is -2.44. The van der Waals surface area contributed by atoms with E-state index in [2.05, 4.69) is 11.0 Å². The van der Waals surface area contributed by atoms with Crippen molar-refractivity contribution < 1.29 is 13.5 Å². The van der Waals surface area contributed by atoms with Crippen molar-refractivity contribution in [2.75, 3.05) is 19.7 Å². The summed E-state index contributed by atoms with van der Waals surface area (Å²) in [4.78, 5) is 2.76. The summed E-state index contributed by atoms with van der Waals surface area (Å²) >= 11 is 0. The fraction of sp³-hybridized carbons (Fsp3) is 0.417. The Bertz CT molecular complexity index is 1180. The van der Waals surface area contributed by atoms with Gasteiger partial charge in [-0.2, -0.15) is 0 Å². The molecule has 1 N–H and O–H groups in total. The molecule has 5 rings (SSSR count). The van der Waals surface area contributed by atoms with E-state index in [0.717, 1.165) is 60.1 Å². The summed E-state index contributed by atoms with van der Waals surface area (Å²) in [5.41, 5.74) is 3.88. The van der Waals surface area contributed by atoms with Crippen LogP contribution in [0.3, 0.4) is 0 Å². The van der Waals surface area contributed by atoms with E-state index in [0.29, 0.717) is 11.3 Å². The van der Waals surface area contributed by atoms with Gasteiger partial charge in [0.05, 0.1) is 22.1 Å². The first-order valence-corrected chi connectivity index (χ1v) is 12.3. The quantitative estimate of drug-likeness (QED) is 0.690. The zero-order valence-electron chi connectivity index (χ0n) is 17.3. The van der Waals surface area contributed by atoms with Crippen LogP contribution in [0.2, 0.25) is 0 Å². The lowest BCUT2D eigenvalue weighted by molar-refractivity contribution is 0.0651. The van der Waals surface area contributed by atoms with Gasteiger partial charge in [0.25, 0.3) is 10.0 Å². The number of nitrogens with zero attached hydrogens (tertiary/aromatic N) is 2. The van der Waals surface area contributed by atoms with Crippen molar-refractivity contribution in [2.45, 2.75) is 43.5 Å². The minimum atomic E-state index is -3.74. The standard InChI is InChI=1S/C24H28N2O3S/c1-17-8-10-19(11-9-17)30(28,29)26-22-7-3-2-6-20(22)21-12-15-25-14-4-5-18(13-16-27)23(25)24(21)26/h2-3,6-11,18,23,27H,4-5,12-16H2,1H3/t18-,23+/m1/s1. The summed E-state index contributed by atoms with van der Waals surface area (Å²) in [5.74, 6) is 0.263. The fourth-order valence-corrected chi connectivity index (χ4v) is 7.04. The summed E-state index contributed by atoms with van der Waals surface area (Å²) in [5, 5.41) is 10.7. The Balaban J connectivity index is 1.79. The van der Waals surface area contributed by atoms with E-state index < -0.39 is 10.0 Å². The molecule has 3 heterocycles. The molecule has 0 spiro atoms. The summed E-state index contributed by atoms with van der Waals surface area (Å²) in [7, 11) is -3.74. The Morgan fingerprint density at radius 1 is 1.07 bits per heavy atom. The van der Waals surface area contributed by atoms with Crippen molar-refractivity contribution in [3.63, 3.8) is 0 Å². The normalized spacial score (nSPS) is 22.1. The third-order valence-corrected chi connectivity index (χ3v) is 8.57. The minimum absolute atomic E-state index is 0.0299. The van der Waals surface area contributed by atoms with Crippen LogP contribution in [0.25, 0.3) is 10.9 Å². The topological polar surface area (TPSA) is 62.5 Å². The van der Waals surface area contributed by atoms with E-state index in [1.54, 1.807) is 16.1 Å². The predicted octanol–water partition coefficient (Wildman–Crippen LogP) is 3.88. The van der Waals surface area contributed by atoms with E-state index in [4.69, 9.17) is 0 Å². The molecule has 2 aromatic carbocycles. The lowest BCUT2D eigenvalue weighted by atomic mass is 9.81. The van der Waals surface area contributed by atoms with Gasteiger partial charge in [-0.25, -0.2) is 12.4 Å². The molecule has 0 bridgehead atoms. The molecule has 0 saturated carbocycles. The Kier molecular flexibility index (Phi) is 4.96. The van der Waals surface area contributed by atoms with E-state index in [1.165, 1.54) is 0 Å². The first-order chi connectivity index (χ1) is 14.5. The summed E-state index contributed by atoms with van der Waals surface area (Å²) in [6.07, 6.45) is 3.68. The maximum absolute atomic E-state index is 13.9. The van der Waals surface area contributed by atoms with Crippen LogP contribution >= 0.6 is 0 Å². The van der Waals surface area contributed by atoms with Gasteiger partial charge in [0, 0.05) is 18.5 Å². The monoisotopic (exact) mass is 424 g/mol. The molecule has 2 aliphatic heterocycles. The zero-order valence-corrected chi connectivity index (χ0v) is 18.1. The first-order valence-electron chi connectivity index (χ1n) is 10.8. The molecule has 1 aromatic heterocycles. The molecule has 0 aliphatic carbocycles. The fourth-order valence-electron chi connectivity index (χ4n) is 5.45. The Morgan fingerprint density at radius 3 is 2.60 bits per heavy atom. The van der Waals surface area contributed by atoms with Crippen LogP contribution in [0.1, 0.15) is 42.1 Å². The number of para-hydroxylation sites is 1. The van der Waals surface area contributed by atoms with Gasteiger partial charge < -0.3 is 5.11 Å². The van der Waals surface area contributed by atoms with E-state index in [-0.39, 0.29) is 18.6 Å². The van der Waals surface area contributed by atoms with Crippen LogP contribution in [-0.4, -0.2) is 42.1 Å². The van der Waals surface area contributed by atoms with E-state index in [9.17, 15) is 13.5 Å². The summed E-state index contributed by atoms with van der Waals surface area (Å²) in [6.45, 7) is 4.02. The van der Waals surface area contributed by atoms with Crippen LogP contribution in [0.15, 0.2) is 53.4 Å². The zero-order chi connectivity index (χ0) is 20.9. The number of aliphatic hydroxyl groups excluding tert-OH is 1. The van der Waals surface area contributed by atoms with Crippen LogP contribution in [-0.2, 0) is 16.4 Å². The molecule has 1 fully saturated rings. The molecule has 0 amide bonds. The Labute approximate surface area is 178 Å². The number of aryl methyl sites for hydroxylation is 1. The average molecular weight is 425 g/mol. The van der Waals surface area contributed by atoms with Gasteiger partial charge in [-0.05, 0) is 68.8 Å². The number of aromatic nitrogens is 1. The van der Waals surface area contributed by atoms with Gasteiger partial charge in [0.1, 0.15) is 0 Å². The van der Waals surface area contributed by atoms with Crippen LogP contribution in [0, 0.1) is 12.8 Å². The number of fused-ring (bicyclic) bond motifs is 5. The first kappa shape index (κ1) is 19.8. The molecule has 0 unspecified atom stereocenters. The van der Waals surface area contributed by atoms with Crippen molar-refractivity contribution in [1.29, 1.82) is 0 Å². The molecular formula is C24H28N2O3S. The molecule has 3 aromatic rings. The SMILES string of the molecule is Cc1ccc(S(=O)(=O)n2c3c(c4ccccc42)CCN2CCC[C@H](CCO)[C@@H]32)cc1. The van der Waals surface area contributed by atoms with Crippen molar-refractivity contribution in [3.05, 3.63) is 65.4 Å². The lowest BCUT2D eigenvalue weighted by Gasteiger charge is -2.44. The highest BCUT2D eigenvalue weighted by Crippen LogP contribution is 2.46. The molecule has 2 atom stereocenters. The molecular weight excluding hydrogens is 396 g/mol. The molecule has 0 radical (unpaired) electrons. The molecule has 1 saturated heterocycles. The van der Waals surface area contributed by atoms with Crippen LogP contribution in [0.5, 0.6) is 0 Å². The molecule has 5 nitrogen and oxygen atoms in total. The van der Waals surface area contributed by atoms with Gasteiger partial charge in [0.15, 0.2) is 0 Å². The minimum Gasteiger partial charge on any atom is -0.396 e. The highest BCUT2D eigenvalue weighted by Gasteiger charge is 2.41. The van der Waals surface area contributed by atoms with Gasteiger partial charge >= 0.3 is 0 Å². The van der Waals surface area contributed by atoms with Gasteiger partial charge in [-0.1, -0.05) is 35.9 Å². The summed E-state index contributed by atoms with van der Waals surface area (Å²) < 4.78 is 29.5. The van der Waals surface area contributed by atoms with Gasteiger partial charge in [-0.3, -0.25) is 4.90 Å². The molecule has 30 heavy (non-hydrogen) atoms. The smallest absolute Gasteiger partial charge is 0.268 e. The van der Waals surface area contributed by atoms with Gasteiger partial charge in [0.2, 0.25) is 0 Å². The third kappa shape index (κ3) is 3.01. The van der Waals surface area contributed by atoms with Crippen molar-refractivity contribution in [3.8, 4) is 0 Å². The number of hydrogen-bond acceptors (Lipinski definition) is 4. The Morgan fingerprint density at radius 2 is 1.83 bits per heavy atom. The number of piperidine rings is 1. The number of rotatable bonds is 4. The van der Waals surface area contributed by atoms with Gasteiger partial charge in [-0.15, -0.1) is 0 Å². The largest absolute Gasteiger partial charge is 0.396 e. The second kappa shape index (κ2) is 7.52. The number of hydrogen-bond donors (Lipinski definition) is 1. The predicted molar refractivity (Wildman–Crippen MR) is 118 cm³/mol. The number of aliphatic hydroxyl groups is 1. The van der Waals surface area contributed by atoms with Crippen molar-refractivity contribution >= 4 is 20.9 Å². The van der Waals surface area contributed by atoms with E-state index >= 15 is 0 Å². The summed E-state index contributed by atoms with van der Waals surface area (Å²) in [6, 6.07) is 15.0. The van der Waals surface area contributed by atoms with E-state index in [1.807, 2.05) is 37.3 Å². The maximum atomic E-state index is 13.9. The highest BCUT2D eigenvalue weighted by atomic mass is 32.2. The maximum Gasteiger partial charge on any atom is 0.268 e. The molecule has 2 aliphatic rings. The highest BCUT2D eigenvalue weighted by molar-refractivity contribution is 7.90. The van der Waals surface area contributed by atoms with Crippen molar-refractivity contribution in [1.82, 2.24) is 8.87 Å². The second-order valence-electron chi connectivity index (χ2n) is 8.61. The molecule has 6 heteroatoms. The van der Waals surface area contributed by atoms with Crippen LogP contribution in [0.4, 0.5) is 0 Å². The number of benzene rings is 2. The van der Waals surface area contributed by atoms with Crippen LogP contribution < -0.4 is 0 Å². The Hall–Kier alpha value is -2.15. The average Bonchev–Trinajstić information content (AvgIpc) is 3.10. The molecule has 158 valence electrons.